The lowest BCUT2D eigenvalue weighted by Gasteiger charge is -2.30. The van der Waals surface area contributed by atoms with Crippen molar-refractivity contribution in [3.8, 4) is 0 Å². The van der Waals surface area contributed by atoms with Gasteiger partial charge in [-0.05, 0) is 36.1 Å². The second kappa shape index (κ2) is 5.87. The highest BCUT2D eigenvalue weighted by atomic mass is 32.2. The van der Waals surface area contributed by atoms with E-state index in [0.29, 0.717) is 5.25 Å². The number of nitrogens with zero attached hydrogens (tertiary/aromatic N) is 1. The predicted molar refractivity (Wildman–Crippen MR) is 84.4 cm³/mol. The van der Waals surface area contributed by atoms with Crippen molar-refractivity contribution in [2.45, 2.75) is 29.0 Å². The molecule has 21 heavy (non-hydrogen) atoms. The van der Waals surface area contributed by atoms with Gasteiger partial charge in [-0.2, -0.15) is 0 Å². The van der Waals surface area contributed by atoms with E-state index in [0.717, 1.165) is 17.7 Å². The van der Waals surface area contributed by atoms with E-state index in [9.17, 15) is 10.1 Å². The molecule has 108 valence electrons. The molecule has 2 aromatic carbocycles. The zero-order valence-corrected chi connectivity index (χ0v) is 12.3. The molecule has 2 unspecified atom stereocenters. The Labute approximate surface area is 127 Å². The summed E-state index contributed by atoms with van der Waals surface area (Å²) in [5, 5.41) is 11.0. The summed E-state index contributed by atoms with van der Waals surface area (Å²) in [5.74, 6) is 0. The third kappa shape index (κ3) is 2.94. The van der Waals surface area contributed by atoms with Crippen molar-refractivity contribution in [2.75, 3.05) is 0 Å². The minimum Gasteiger partial charge on any atom is -0.323 e. The number of hydrogen-bond acceptors (Lipinski definition) is 4. The third-order valence-corrected chi connectivity index (χ3v) is 5.22. The first-order valence-corrected chi connectivity index (χ1v) is 7.77. The van der Waals surface area contributed by atoms with Crippen LogP contribution in [0.2, 0.25) is 0 Å². The van der Waals surface area contributed by atoms with Crippen molar-refractivity contribution >= 4 is 17.4 Å². The Morgan fingerprint density at radius 1 is 1.14 bits per heavy atom. The van der Waals surface area contributed by atoms with Gasteiger partial charge in [-0.1, -0.05) is 24.3 Å². The van der Waals surface area contributed by atoms with Gasteiger partial charge in [-0.25, -0.2) is 0 Å². The molecule has 5 heteroatoms. The van der Waals surface area contributed by atoms with Crippen molar-refractivity contribution in [1.82, 2.24) is 0 Å². The van der Waals surface area contributed by atoms with E-state index >= 15 is 0 Å². The zero-order chi connectivity index (χ0) is 14.8. The largest absolute Gasteiger partial charge is 0.323 e. The Hall–Kier alpha value is -1.85. The van der Waals surface area contributed by atoms with E-state index in [1.807, 2.05) is 6.07 Å². The second-order valence-corrected chi connectivity index (χ2v) is 6.48. The summed E-state index contributed by atoms with van der Waals surface area (Å²) >= 11 is 1.71. The fourth-order valence-electron chi connectivity index (χ4n) is 2.72. The molecule has 0 aliphatic heterocycles. The van der Waals surface area contributed by atoms with E-state index in [1.54, 1.807) is 36.0 Å². The number of benzene rings is 2. The van der Waals surface area contributed by atoms with Gasteiger partial charge in [-0.3, -0.25) is 10.1 Å². The number of aryl methyl sites for hydroxylation is 1. The zero-order valence-electron chi connectivity index (χ0n) is 11.4. The summed E-state index contributed by atoms with van der Waals surface area (Å²) in [6.07, 6.45) is 2.06. The summed E-state index contributed by atoms with van der Waals surface area (Å²) < 4.78 is 0. The maximum absolute atomic E-state index is 10.7. The van der Waals surface area contributed by atoms with Crippen molar-refractivity contribution in [2.24, 2.45) is 5.73 Å². The van der Waals surface area contributed by atoms with Crippen LogP contribution in [-0.4, -0.2) is 10.2 Å². The first-order valence-electron chi connectivity index (χ1n) is 6.89. The Morgan fingerprint density at radius 3 is 2.57 bits per heavy atom. The number of nitro groups is 1. The second-order valence-electron chi connectivity index (χ2n) is 5.17. The van der Waals surface area contributed by atoms with E-state index in [-0.39, 0.29) is 16.7 Å². The van der Waals surface area contributed by atoms with Gasteiger partial charge in [-0.15, -0.1) is 11.8 Å². The van der Waals surface area contributed by atoms with Gasteiger partial charge in [0.1, 0.15) is 0 Å². The fourth-order valence-corrected chi connectivity index (χ4v) is 3.89. The number of thioether (sulfide) groups is 1. The molecule has 4 nitrogen and oxygen atoms in total. The first kappa shape index (κ1) is 14.1. The van der Waals surface area contributed by atoms with Gasteiger partial charge < -0.3 is 5.73 Å². The SMILES string of the molecule is NC1c2ccccc2CCC1Sc1ccc([N+](=O)[O-])cc1. The van der Waals surface area contributed by atoms with Crippen LogP contribution in [0.1, 0.15) is 23.6 Å². The van der Waals surface area contributed by atoms with Crippen LogP contribution in [-0.2, 0) is 6.42 Å². The van der Waals surface area contributed by atoms with Gasteiger partial charge in [0, 0.05) is 28.3 Å². The molecule has 0 heterocycles. The monoisotopic (exact) mass is 300 g/mol. The van der Waals surface area contributed by atoms with E-state index in [1.165, 1.54) is 11.1 Å². The Morgan fingerprint density at radius 2 is 1.86 bits per heavy atom. The predicted octanol–water partition coefficient (Wildman–Crippen LogP) is 3.70. The molecule has 0 radical (unpaired) electrons. The number of nitrogens with two attached hydrogens (primary N) is 1. The maximum atomic E-state index is 10.7. The van der Waals surface area contributed by atoms with Crippen LogP contribution in [0.15, 0.2) is 53.4 Å². The molecular weight excluding hydrogens is 284 g/mol. The number of hydrogen-bond donors (Lipinski definition) is 1. The molecule has 2 N–H and O–H groups in total. The van der Waals surface area contributed by atoms with Gasteiger partial charge >= 0.3 is 0 Å². The maximum Gasteiger partial charge on any atom is 0.269 e. The Bertz CT molecular complexity index is 658. The van der Waals surface area contributed by atoms with Gasteiger partial charge in [0.05, 0.1) is 4.92 Å². The summed E-state index contributed by atoms with van der Waals surface area (Å²) in [6.45, 7) is 0. The molecular formula is C16H16N2O2S. The van der Waals surface area contributed by atoms with Crippen molar-refractivity contribution in [3.63, 3.8) is 0 Å². The summed E-state index contributed by atoms with van der Waals surface area (Å²) in [6, 6.07) is 15.0. The van der Waals surface area contributed by atoms with Crippen LogP contribution >= 0.6 is 11.8 Å². The van der Waals surface area contributed by atoms with E-state index in [2.05, 4.69) is 18.2 Å². The fraction of sp³-hybridized carbons (Fsp3) is 0.250. The molecule has 0 aromatic heterocycles. The van der Waals surface area contributed by atoms with Crippen LogP contribution in [0.25, 0.3) is 0 Å². The number of non-ortho nitro benzene ring substituents is 1. The number of rotatable bonds is 3. The van der Waals surface area contributed by atoms with Crippen molar-refractivity contribution in [3.05, 3.63) is 69.8 Å². The minimum absolute atomic E-state index is 0.00939. The van der Waals surface area contributed by atoms with Crippen LogP contribution in [0.5, 0.6) is 0 Å². The Balaban J connectivity index is 1.75. The highest BCUT2D eigenvalue weighted by molar-refractivity contribution is 8.00. The highest BCUT2D eigenvalue weighted by Crippen LogP contribution is 2.39. The molecule has 1 aliphatic rings. The lowest BCUT2D eigenvalue weighted by Crippen LogP contribution is -2.29. The first-order chi connectivity index (χ1) is 10.1. The normalized spacial score (nSPS) is 20.8. The van der Waals surface area contributed by atoms with Gasteiger partial charge in [0.25, 0.3) is 5.69 Å². The summed E-state index contributed by atoms with van der Waals surface area (Å²) in [5.41, 5.74) is 9.07. The molecule has 0 spiro atoms. The molecule has 1 aliphatic carbocycles. The quantitative estimate of drug-likeness (QED) is 0.693. The highest BCUT2D eigenvalue weighted by Gasteiger charge is 2.27. The third-order valence-electron chi connectivity index (χ3n) is 3.85. The topological polar surface area (TPSA) is 69.2 Å². The van der Waals surface area contributed by atoms with E-state index in [4.69, 9.17) is 5.73 Å². The van der Waals surface area contributed by atoms with Crippen LogP contribution in [0.4, 0.5) is 5.69 Å². The molecule has 3 rings (SSSR count). The van der Waals surface area contributed by atoms with Gasteiger partial charge in [0.15, 0.2) is 0 Å². The molecule has 2 atom stereocenters. The average Bonchev–Trinajstić information content (AvgIpc) is 2.51. The molecule has 0 fully saturated rings. The van der Waals surface area contributed by atoms with E-state index < -0.39 is 0 Å². The van der Waals surface area contributed by atoms with Crippen LogP contribution in [0, 0.1) is 10.1 Å². The molecule has 0 amide bonds. The molecule has 0 bridgehead atoms. The average molecular weight is 300 g/mol. The van der Waals surface area contributed by atoms with Gasteiger partial charge in [0.2, 0.25) is 0 Å². The Kier molecular flexibility index (Phi) is 3.94. The molecule has 2 aromatic rings. The summed E-state index contributed by atoms with van der Waals surface area (Å²) in [7, 11) is 0. The number of nitro benzene ring substituents is 1. The van der Waals surface area contributed by atoms with Crippen molar-refractivity contribution in [1.29, 1.82) is 0 Å². The lowest BCUT2D eigenvalue weighted by atomic mass is 9.88. The standard InChI is InChI=1S/C16H16N2O2S/c17-16-14-4-2-1-3-11(14)5-10-15(16)21-13-8-6-12(7-9-13)18(19)20/h1-4,6-9,15-16H,5,10,17H2. The van der Waals surface area contributed by atoms with Crippen LogP contribution < -0.4 is 5.73 Å². The van der Waals surface area contributed by atoms with Crippen LogP contribution in [0.3, 0.4) is 0 Å². The summed E-state index contributed by atoms with van der Waals surface area (Å²) in [4.78, 5) is 11.3. The molecule has 0 saturated carbocycles. The smallest absolute Gasteiger partial charge is 0.269 e. The minimum atomic E-state index is -0.378. The number of fused-ring (bicyclic) bond motifs is 1. The molecule has 0 saturated heterocycles. The lowest BCUT2D eigenvalue weighted by molar-refractivity contribution is -0.384. The van der Waals surface area contributed by atoms with Crippen molar-refractivity contribution < 1.29 is 4.92 Å².